The first-order valence-electron chi connectivity index (χ1n) is 6.96. The number of ether oxygens (including phenoxy) is 1. The number of esters is 1. The van der Waals surface area contributed by atoms with E-state index in [-0.39, 0.29) is 5.97 Å². The Morgan fingerprint density at radius 3 is 2.67 bits per heavy atom. The molecule has 0 radical (unpaired) electrons. The van der Waals surface area contributed by atoms with Gasteiger partial charge >= 0.3 is 5.97 Å². The molecule has 5 nitrogen and oxygen atoms in total. The van der Waals surface area contributed by atoms with Crippen molar-refractivity contribution in [2.75, 3.05) is 32.8 Å². The van der Waals surface area contributed by atoms with Gasteiger partial charge in [-0.1, -0.05) is 0 Å². The topological polar surface area (TPSA) is 53.9 Å². The molecule has 0 atom stereocenters. The maximum absolute atomic E-state index is 11.2. The zero-order valence-electron chi connectivity index (χ0n) is 11.6. The second-order valence-electron chi connectivity index (χ2n) is 4.34. The lowest BCUT2D eigenvalue weighted by Crippen LogP contribution is -2.39. The van der Waals surface area contributed by atoms with E-state index in [1.54, 1.807) is 0 Å². The molecule has 1 heterocycles. The number of carbonyl (C=O) groups is 1. The maximum Gasteiger partial charge on any atom is 0.305 e. The molecule has 1 aliphatic rings. The molecular weight excluding hydrogens is 230 g/mol. The van der Waals surface area contributed by atoms with E-state index in [1.165, 1.54) is 12.8 Å². The van der Waals surface area contributed by atoms with E-state index in [2.05, 4.69) is 22.1 Å². The summed E-state index contributed by atoms with van der Waals surface area (Å²) in [5.74, 6) is 0.859. The molecule has 0 aliphatic carbocycles. The highest BCUT2D eigenvalue weighted by molar-refractivity contribution is 5.80. The smallest absolute Gasteiger partial charge is 0.305 e. The third-order valence-electron chi connectivity index (χ3n) is 2.85. The van der Waals surface area contributed by atoms with Crippen LogP contribution >= 0.6 is 0 Å². The number of hydrogen-bond donors (Lipinski definition) is 1. The SMILES string of the molecule is CCNC(=NCCCC(=O)OCC)N1CCCC1. The first kappa shape index (κ1) is 14.8. The van der Waals surface area contributed by atoms with Gasteiger partial charge in [0.1, 0.15) is 0 Å². The summed E-state index contributed by atoms with van der Waals surface area (Å²) in [6.07, 6.45) is 3.69. The van der Waals surface area contributed by atoms with Gasteiger partial charge in [-0.3, -0.25) is 9.79 Å². The van der Waals surface area contributed by atoms with Crippen molar-refractivity contribution in [3.05, 3.63) is 0 Å². The second-order valence-corrected chi connectivity index (χ2v) is 4.34. The molecular formula is C13H25N3O2. The van der Waals surface area contributed by atoms with Crippen molar-refractivity contribution in [1.29, 1.82) is 0 Å². The molecule has 1 fully saturated rings. The van der Waals surface area contributed by atoms with E-state index in [1.807, 2.05) is 6.92 Å². The lowest BCUT2D eigenvalue weighted by atomic mass is 10.3. The number of hydrogen-bond acceptors (Lipinski definition) is 3. The monoisotopic (exact) mass is 255 g/mol. The first-order chi connectivity index (χ1) is 8.77. The fourth-order valence-electron chi connectivity index (χ4n) is 2.00. The molecule has 0 amide bonds. The van der Waals surface area contributed by atoms with Crippen LogP contribution in [0.5, 0.6) is 0 Å². The minimum Gasteiger partial charge on any atom is -0.466 e. The zero-order valence-corrected chi connectivity index (χ0v) is 11.6. The standard InChI is InChI=1S/C13H25N3O2/c1-3-14-13(16-10-5-6-11-16)15-9-7-8-12(17)18-4-2/h3-11H2,1-2H3,(H,14,15). The number of carbonyl (C=O) groups excluding carboxylic acids is 1. The lowest BCUT2D eigenvalue weighted by Gasteiger charge is -2.20. The number of nitrogens with one attached hydrogen (secondary N) is 1. The summed E-state index contributed by atoms with van der Waals surface area (Å²) >= 11 is 0. The quantitative estimate of drug-likeness (QED) is 0.337. The van der Waals surface area contributed by atoms with Gasteiger partial charge in [0.2, 0.25) is 0 Å². The Morgan fingerprint density at radius 2 is 2.06 bits per heavy atom. The van der Waals surface area contributed by atoms with Crippen LogP contribution in [0.25, 0.3) is 0 Å². The molecule has 0 saturated carbocycles. The highest BCUT2D eigenvalue weighted by Gasteiger charge is 2.15. The molecule has 0 unspecified atom stereocenters. The average molecular weight is 255 g/mol. The van der Waals surface area contributed by atoms with E-state index in [9.17, 15) is 4.79 Å². The molecule has 0 aromatic heterocycles. The summed E-state index contributed by atoms with van der Waals surface area (Å²) in [5, 5.41) is 3.30. The van der Waals surface area contributed by atoms with E-state index in [0.29, 0.717) is 19.6 Å². The van der Waals surface area contributed by atoms with Crippen molar-refractivity contribution in [2.45, 2.75) is 39.5 Å². The van der Waals surface area contributed by atoms with E-state index >= 15 is 0 Å². The van der Waals surface area contributed by atoms with E-state index in [0.717, 1.165) is 32.0 Å². The van der Waals surface area contributed by atoms with Gasteiger partial charge in [-0.25, -0.2) is 0 Å². The van der Waals surface area contributed by atoms with Crippen LogP contribution in [0.4, 0.5) is 0 Å². The summed E-state index contributed by atoms with van der Waals surface area (Å²) in [4.78, 5) is 18.0. The van der Waals surface area contributed by atoms with Gasteiger partial charge in [-0.15, -0.1) is 0 Å². The molecule has 1 aliphatic heterocycles. The van der Waals surface area contributed by atoms with Crippen molar-refractivity contribution in [3.8, 4) is 0 Å². The fourth-order valence-corrected chi connectivity index (χ4v) is 2.00. The first-order valence-corrected chi connectivity index (χ1v) is 6.96. The van der Waals surface area contributed by atoms with E-state index in [4.69, 9.17) is 4.74 Å². The summed E-state index contributed by atoms with van der Waals surface area (Å²) in [7, 11) is 0. The largest absolute Gasteiger partial charge is 0.466 e. The van der Waals surface area contributed by atoms with Gasteiger partial charge in [-0.05, 0) is 33.1 Å². The third-order valence-corrected chi connectivity index (χ3v) is 2.85. The summed E-state index contributed by atoms with van der Waals surface area (Å²) in [6, 6.07) is 0. The number of nitrogens with zero attached hydrogens (tertiary/aromatic N) is 2. The minimum atomic E-state index is -0.126. The van der Waals surface area contributed by atoms with Crippen LogP contribution in [0, 0.1) is 0 Å². The number of guanidine groups is 1. The minimum absolute atomic E-state index is 0.126. The lowest BCUT2D eigenvalue weighted by molar-refractivity contribution is -0.143. The number of rotatable bonds is 6. The van der Waals surface area contributed by atoms with Gasteiger partial charge in [0.05, 0.1) is 6.61 Å². The molecule has 0 spiro atoms. The van der Waals surface area contributed by atoms with Crippen LogP contribution in [0.2, 0.25) is 0 Å². The molecule has 0 bridgehead atoms. The van der Waals surface area contributed by atoms with Gasteiger partial charge in [0, 0.05) is 32.6 Å². The van der Waals surface area contributed by atoms with Crippen LogP contribution in [0.3, 0.4) is 0 Å². The van der Waals surface area contributed by atoms with Crippen molar-refractivity contribution < 1.29 is 9.53 Å². The third kappa shape index (κ3) is 5.38. The molecule has 18 heavy (non-hydrogen) atoms. The predicted octanol–water partition coefficient (Wildman–Crippen LogP) is 1.39. The van der Waals surface area contributed by atoms with Crippen molar-refractivity contribution in [1.82, 2.24) is 10.2 Å². The molecule has 0 aromatic rings. The average Bonchev–Trinajstić information content (AvgIpc) is 2.87. The molecule has 1 N–H and O–H groups in total. The van der Waals surface area contributed by atoms with Gasteiger partial charge in [-0.2, -0.15) is 0 Å². The van der Waals surface area contributed by atoms with Crippen molar-refractivity contribution in [2.24, 2.45) is 4.99 Å². The van der Waals surface area contributed by atoms with Gasteiger partial charge < -0.3 is 15.0 Å². The van der Waals surface area contributed by atoms with Crippen LogP contribution in [-0.4, -0.2) is 49.6 Å². The Hall–Kier alpha value is -1.26. The Morgan fingerprint density at radius 1 is 1.33 bits per heavy atom. The summed E-state index contributed by atoms with van der Waals surface area (Å²) in [5.41, 5.74) is 0. The van der Waals surface area contributed by atoms with Crippen LogP contribution in [-0.2, 0) is 9.53 Å². The molecule has 0 aromatic carbocycles. The Labute approximate surface area is 110 Å². The number of aliphatic imine (C=N–C) groups is 1. The molecule has 1 saturated heterocycles. The second kappa shape index (κ2) is 8.78. The molecule has 5 heteroatoms. The normalized spacial score (nSPS) is 15.9. The van der Waals surface area contributed by atoms with Crippen LogP contribution < -0.4 is 5.32 Å². The predicted molar refractivity (Wildman–Crippen MR) is 72.7 cm³/mol. The Bertz CT molecular complexity index is 273. The fraction of sp³-hybridized carbons (Fsp3) is 0.846. The number of likely N-dealkylation sites (tertiary alicyclic amines) is 1. The summed E-state index contributed by atoms with van der Waals surface area (Å²) < 4.78 is 4.88. The molecule has 1 rings (SSSR count). The summed E-state index contributed by atoms with van der Waals surface area (Å²) in [6.45, 7) is 8.09. The highest BCUT2D eigenvalue weighted by Crippen LogP contribution is 2.07. The maximum atomic E-state index is 11.2. The van der Waals surface area contributed by atoms with Crippen LogP contribution in [0.1, 0.15) is 39.5 Å². The van der Waals surface area contributed by atoms with Crippen LogP contribution in [0.15, 0.2) is 4.99 Å². The zero-order chi connectivity index (χ0) is 13.2. The highest BCUT2D eigenvalue weighted by atomic mass is 16.5. The van der Waals surface area contributed by atoms with Crippen molar-refractivity contribution >= 4 is 11.9 Å². The van der Waals surface area contributed by atoms with Gasteiger partial charge in [0.15, 0.2) is 5.96 Å². The van der Waals surface area contributed by atoms with Gasteiger partial charge in [0.25, 0.3) is 0 Å². The Kier molecular flexibility index (Phi) is 7.22. The Balaban J connectivity index is 2.29. The van der Waals surface area contributed by atoms with E-state index < -0.39 is 0 Å². The molecule has 104 valence electrons. The van der Waals surface area contributed by atoms with Crippen molar-refractivity contribution in [3.63, 3.8) is 0 Å².